The molecule has 4 rings (SSSR count). The van der Waals surface area contributed by atoms with Crippen LogP contribution >= 0.6 is 11.8 Å². The lowest BCUT2D eigenvalue weighted by atomic mass is 10.1. The van der Waals surface area contributed by atoms with Gasteiger partial charge in [0.1, 0.15) is 5.82 Å². The molecule has 0 radical (unpaired) electrons. The van der Waals surface area contributed by atoms with Gasteiger partial charge in [-0.2, -0.15) is 0 Å². The molecule has 1 atom stereocenters. The van der Waals surface area contributed by atoms with Crippen LogP contribution in [0, 0.1) is 11.7 Å². The van der Waals surface area contributed by atoms with Crippen molar-refractivity contribution in [2.45, 2.75) is 24.2 Å². The zero-order valence-corrected chi connectivity index (χ0v) is 17.7. The lowest BCUT2D eigenvalue weighted by molar-refractivity contribution is -0.125. The molecule has 2 amide bonds. The van der Waals surface area contributed by atoms with Crippen LogP contribution in [0.5, 0.6) is 0 Å². The Bertz CT molecular complexity index is 906. The lowest BCUT2D eigenvalue weighted by Crippen LogP contribution is -2.36. The van der Waals surface area contributed by atoms with Crippen molar-refractivity contribution in [1.29, 1.82) is 0 Å². The summed E-state index contributed by atoms with van der Waals surface area (Å²) in [5.74, 6) is 0.926. The van der Waals surface area contributed by atoms with Crippen LogP contribution in [0.3, 0.4) is 0 Å². The van der Waals surface area contributed by atoms with E-state index in [-0.39, 0.29) is 30.5 Å². The van der Waals surface area contributed by atoms with Crippen LogP contribution in [0.2, 0.25) is 0 Å². The van der Waals surface area contributed by atoms with Gasteiger partial charge in [0.05, 0.1) is 5.69 Å². The van der Waals surface area contributed by atoms with Gasteiger partial charge in [-0.25, -0.2) is 4.39 Å². The van der Waals surface area contributed by atoms with Crippen LogP contribution < -0.4 is 15.1 Å². The number of nitrogens with zero attached hydrogens (tertiary/aromatic N) is 2. The molecule has 2 aromatic rings. The maximum absolute atomic E-state index is 13.1. The number of anilines is 2. The second-order valence-electron chi connectivity index (χ2n) is 7.74. The molecule has 2 aromatic carbocycles. The monoisotopic (exact) mass is 427 g/mol. The van der Waals surface area contributed by atoms with Crippen molar-refractivity contribution in [3.8, 4) is 0 Å². The van der Waals surface area contributed by atoms with Gasteiger partial charge in [-0.15, -0.1) is 11.8 Å². The molecule has 0 aromatic heterocycles. The average Bonchev–Trinajstić information content (AvgIpc) is 3.25. The smallest absolute Gasteiger partial charge is 0.227 e. The molecular weight excluding hydrogens is 401 g/mol. The molecule has 1 unspecified atom stereocenters. The summed E-state index contributed by atoms with van der Waals surface area (Å²) < 4.78 is 13.1. The van der Waals surface area contributed by atoms with E-state index in [2.05, 4.69) is 10.2 Å². The zero-order valence-electron chi connectivity index (χ0n) is 16.9. The molecule has 0 aliphatic carbocycles. The van der Waals surface area contributed by atoms with Crippen molar-refractivity contribution in [3.63, 3.8) is 0 Å². The number of rotatable bonds is 6. The van der Waals surface area contributed by atoms with Gasteiger partial charge in [-0.05, 0) is 48.7 Å². The molecule has 2 aliphatic rings. The highest BCUT2D eigenvalue weighted by atomic mass is 32.2. The lowest BCUT2D eigenvalue weighted by Gasteiger charge is -2.29. The van der Waals surface area contributed by atoms with Gasteiger partial charge in [-0.3, -0.25) is 9.59 Å². The molecule has 30 heavy (non-hydrogen) atoms. The predicted molar refractivity (Wildman–Crippen MR) is 118 cm³/mol. The number of fused-ring (bicyclic) bond motifs is 1. The standard InChI is InChI=1S/C23H26FN3O2S/c24-18-5-7-19(8-6-18)26-12-11-17(16-26)15-25-22(28)9-10-23(29)27-13-14-30-21-4-2-1-3-20(21)27/h1-8,17H,9-16H2,(H,25,28). The molecule has 1 N–H and O–H groups in total. The van der Waals surface area contributed by atoms with E-state index in [1.165, 1.54) is 12.1 Å². The number of hydrogen-bond acceptors (Lipinski definition) is 4. The predicted octanol–water partition coefficient (Wildman–Crippen LogP) is 3.69. The Labute approximate surface area is 180 Å². The fraction of sp³-hybridized carbons (Fsp3) is 0.391. The molecule has 2 heterocycles. The van der Waals surface area contributed by atoms with Crippen LogP contribution in [0.25, 0.3) is 0 Å². The fourth-order valence-corrected chi connectivity index (χ4v) is 5.01. The number of carbonyl (C=O) groups is 2. The first-order chi connectivity index (χ1) is 14.6. The first-order valence-electron chi connectivity index (χ1n) is 10.4. The normalized spacial score (nSPS) is 18.2. The third-order valence-corrected chi connectivity index (χ3v) is 6.70. The quantitative estimate of drug-likeness (QED) is 0.764. The number of para-hydroxylation sites is 1. The number of halogens is 1. The summed E-state index contributed by atoms with van der Waals surface area (Å²) in [5, 5.41) is 2.98. The van der Waals surface area contributed by atoms with E-state index in [0.717, 1.165) is 41.5 Å². The van der Waals surface area contributed by atoms with Crippen LogP contribution in [0.15, 0.2) is 53.4 Å². The van der Waals surface area contributed by atoms with E-state index in [9.17, 15) is 14.0 Å². The molecule has 5 nitrogen and oxygen atoms in total. The number of carbonyl (C=O) groups excluding carboxylic acids is 2. The first-order valence-corrected chi connectivity index (χ1v) is 11.4. The van der Waals surface area contributed by atoms with E-state index in [1.54, 1.807) is 28.8 Å². The molecule has 1 saturated heterocycles. The van der Waals surface area contributed by atoms with Gasteiger partial charge in [0.2, 0.25) is 11.8 Å². The minimum absolute atomic E-state index is 0.00116. The Kier molecular flexibility index (Phi) is 6.57. The third-order valence-electron chi connectivity index (χ3n) is 5.66. The van der Waals surface area contributed by atoms with Crippen molar-refractivity contribution < 1.29 is 14.0 Å². The maximum atomic E-state index is 13.1. The van der Waals surface area contributed by atoms with Crippen molar-refractivity contribution in [1.82, 2.24) is 5.32 Å². The summed E-state index contributed by atoms with van der Waals surface area (Å²) in [5.41, 5.74) is 1.96. The summed E-state index contributed by atoms with van der Waals surface area (Å²) in [6.07, 6.45) is 1.41. The highest BCUT2D eigenvalue weighted by Gasteiger charge is 2.25. The Morgan fingerprint density at radius 2 is 1.87 bits per heavy atom. The molecular formula is C23H26FN3O2S. The summed E-state index contributed by atoms with van der Waals surface area (Å²) >= 11 is 1.76. The molecule has 1 fully saturated rings. The highest BCUT2D eigenvalue weighted by molar-refractivity contribution is 7.99. The van der Waals surface area contributed by atoms with Crippen molar-refractivity contribution in [2.75, 3.05) is 41.7 Å². The minimum atomic E-state index is -0.233. The summed E-state index contributed by atoms with van der Waals surface area (Å²) in [6, 6.07) is 14.4. The molecule has 0 spiro atoms. The van der Waals surface area contributed by atoms with Gasteiger partial charge < -0.3 is 15.1 Å². The molecule has 0 bridgehead atoms. The van der Waals surface area contributed by atoms with Gasteiger partial charge in [0.25, 0.3) is 0 Å². The zero-order chi connectivity index (χ0) is 20.9. The van der Waals surface area contributed by atoms with Gasteiger partial charge >= 0.3 is 0 Å². The number of amides is 2. The minimum Gasteiger partial charge on any atom is -0.371 e. The van der Waals surface area contributed by atoms with Crippen molar-refractivity contribution in [2.24, 2.45) is 5.92 Å². The summed E-state index contributed by atoms with van der Waals surface area (Å²) in [4.78, 5) is 30.1. The molecule has 158 valence electrons. The van der Waals surface area contributed by atoms with Crippen LogP contribution in [0.4, 0.5) is 15.8 Å². The Morgan fingerprint density at radius 3 is 2.70 bits per heavy atom. The largest absolute Gasteiger partial charge is 0.371 e. The van der Waals surface area contributed by atoms with Gasteiger partial charge in [-0.1, -0.05) is 12.1 Å². The highest BCUT2D eigenvalue weighted by Crippen LogP contribution is 2.34. The van der Waals surface area contributed by atoms with E-state index < -0.39 is 0 Å². The van der Waals surface area contributed by atoms with E-state index in [4.69, 9.17) is 0 Å². The van der Waals surface area contributed by atoms with E-state index in [1.807, 2.05) is 24.3 Å². The SMILES string of the molecule is O=C(CCC(=O)N1CCSc2ccccc21)NCC1CCN(c2ccc(F)cc2)C1. The summed E-state index contributed by atoms with van der Waals surface area (Å²) in [7, 11) is 0. The molecule has 7 heteroatoms. The third kappa shape index (κ3) is 4.95. The van der Waals surface area contributed by atoms with Gasteiger partial charge in [0, 0.05) is 55.4 Å². The van der Waals surface area contributed by atoms with Gasteiger partial charge in [0.15, 0.2) is 0 Å². The Hall–Kier alpha value is -2.54. The summed E-state index contributed by atoms with van der Waals surface area (Å²) in [6.45, 7) is 3.03. The van der Waals surface area contributed by atoms with E-state index >= 15 is 0 Å². The maximum Gasteiger partial charge on any atom is 0.227 e. The van der Waals surface area contributed by atoms with Crippen LogP contribution in [-0.4, -0.2) is 43.7 Å². The topological polar surface area (TPSA) is 52.7 Å². The van der Waals surface area contributed by atoms with Crippen LogP contribution in [0.1, 0.15) is 19.3 Å². The fourth-order valence-electron chi connectivity index (χ4n) is 4.02. The Balaban J connectivity index is 1.20. The van der Waals surface area contributed by atoms with Crippen molar-refractivity contribution in [3.05, 3.63) is 54.3 Å². The van der Waals surface area contributed by atoms with E-state index in [0.29, 0.717) is 19.0 Å². The second kappa shape index (κ2) is 9.51. The number of benzene rings is 2. The van der Waals surface area contributed by atoms with Crippen LogP contribution in [-0.2, 0) is 9.59 Å². The molecule has 2 aliphatic heterocycles. The van der Waals surface area contributed by atoms with Crippen molar-refractivity contribution >= 4 is 35.0 Å². The average molecular weight is 428 g/mol. The second-order valence-corrected chi connectivity index (χ2v) is 8.88. The number of hydrogen-bond donors (Lipinski definition) is 1. The Morgan fingerprint density at radius 1 is 1.07 bits per heavy atom. The first kappa shape index (κ1) is 20.7. The number of thioether (sulfide) groups is 1. The molecule has 0 saturated carbocycles. The number of nitrogens with one attached hydrogen (secondary N) is 1.